The zero-order chi connectivity index (χ0) is 12.1. The number of amides is 2. The number of hydrogen-bond donors (Lipinski definition) is 2. The van der Waals surface area contributed by atoms with Gasteiger partial charge >= 0.3 is 12.0 Å². The van der Waals surface area contributed by atoms with Gasteiger partial charge in [0.05, 0.1) is 0 Å². The van der Waals surface area contributed by atoms with Crippen molar-refractivity contribution in [3.05, 3.63) is 0 Å². The first-order chi connectivity index (χ1) is 7.52. The molecule has 2 amide bonds. The second-order valence-electron chi connectivity index (χ2n) is 4.43. The van der Waals surface area contributed by atoms with Crippen LogP contribution in [0.1, 0.15) is 33.1 Å². The lowest BCUT2D eigenvalue weighted by Gasteiger charge is -2.23. The third-order valence-corrected chi connectivity index (χ3v) is 3.24. The maximum atomic E-state index is 11.7. The van der Waals surface area contributed by atoms with Crippen LogP contribution in [0.25, 0.3) is 0 Å². The number of nitrogens with zero attached hydrogens (tertiary/aromatic N) is 1. The van der Waals surface area contributed by atoms with E-state index in [2.05, 4.69) is 19.2 Å². The first-order valence-corrected chi connectivity index (χ1v) is 5.78. The van der Waals surface area contributed by atoms with Crippen molar-refractivity contribution in [3.63, 3.8) is 0 Å². The van der Waals surface area contributed by atoms with Crippen LogP contribution in [0.15, 0.2) is 0 Å². The van der Waals surface area contributed by atoms with Gasteiger partial charge in [0, 0.05) is 25.6 Å². The minimum absolute atomic E-state index is 0.0674. The molecule has 1 saturated heterocycles. The Morgan fingerprint density at radius 3 is 2.62 bits per heavy atom. The van der Waals surface area contributed by atoms with Crippen molar-refractivity contribution in [1.29, 1.82) is 0 Å². The maximum absolute atomic E-state index is 11.7. The van der Waals surface area contributed by atoms with Gasteiger partial charge in [-0.05, 0) is 25.7 Å². The lowest BCUT2D eigenvalue weighted by atomic mass is 10.1. The molecule has 5 nitrogen and oxygen atoms in total. The highest BCUT2D eigenvalue weighted by molar-refractivity contribution is 5.75. The number of nitrogens with one attached hydrogen (secondary N) is 1. The number of carbonyl (C=O) groups excluding carboxylic acids is 1. The van der Waals surface area contributed by atoms with Gasteiger partial charge in [-0.1, -0.05) is 6.92 Å². The van der Waals surface area contributed by atoms with Gasteiger partial charge in [0.1, 0.15) is 0 Å². The van der Waals surface area contributed by atoms with E-state index < -0.39 is 5.97 Å². The Labute approximate surface area is 95.8 Å². The van der Waals surface area contributed by atoms with Crippen LogP contribution in [0.5, 0.6) is 0 Å². The fraction of sp³-hybridized carbons (Fsp3) is 0.818. The third-order valence-electron chi connectivity index (χ3n) is 3.24. The summed E-state index contributed by atoms with van der Waals surface area (Å²) in [5.74, 6) is -0.276. The van der Waals surface area contributed by atoms with Crippen molar-refractivity contribution >= 4 is 12.0 Å². The molecule has 5 heteroatoms. The highest BCUT2D eigenvalue weighted by Gasteiger charge is 2.30. The Hall–Kier alpha value is -1.26. The van der Waals surface area contributed by atoms with Gasteiger partial charge < -0.3 is 15.3 Å². The zero-order valence-electron chi connectivity index (χ0n) is 9.90. The summed E-state index contributed by atoms with van der Waals surface area (Å²) in [6.45, 7) is 5.42. The molecule has 2 N–H and O–H groups in total. The second-order valence-corrected chi connectivity index (χ2v) is 4.43. The highest BCUT2D eigenvalue weighted by atomic mass is 16.4. The minimum Gasteiger partial charge on any atom is -0.481 e. The average Bonchev–Trinajstić information content (AvgIpc) is 2.54. The zero-order valence-corrected chi connectivity index (χ0v) is 9.90. The molecule has 0 saturated carbocycles. The van der Waals surface area contributed by atoms with E-state index >= 15 is 0 Å². The van der Waals surface area contributed by atoms with Crippen LogP contribution in [0.2, 0.25) is 0 Å². The average molecular weight is 228 g/mol. The molecule has 0 bridgehead atoms. The van der Waals surface area contributed by atoms with Crippen LogP contribution >= 0.6 is 0 Å². The van der Waals surface area contributed by atoms with Gasteiger partial charge in [-0.15, -0.1) is 0 Å². The van der Waals surface area contributed by atoms with E-state index in [0.29, 0.717) is 18.9 Å². The van der Waals surface area contributed by atoms with Crippen LogP contribution in [0.4, 0.5) is 4.79 Å². The SMILES string of the molecule is CC1CCN(C(=O)NCCCC(=O)O)C1C. The molecule has 16 heavy (non-hydrogen) atoms. The Morgan fingerprint density at radius 2 is 2.12 bits per heavy atom. The molecule has 1 aliphatic heterocycles. The molecular weight excluding hydrogens is 208 g/mol. The molecule has 2 unspecified atom stereocenters. The van der Waals surface area contributed by atoms with Crippen molar-refractivity contribution in [3.8, 4) is 0 Å². The van der Waals surface area contributed by atoms with Crippen molar-refractivity contribution in [2.45, 2.75) is 39.2 Å². The predicted octanol–water partition coefficient (Wildman–Crippen LogP) is 1.29. The number of rotatable bonds is 4. The molecule has 1 aliphatic rings. The smallest absolute Gasteiger partial charge is 0.317 e. The molecule has 92 valence electrons. The van der Waals surface area contributed by atoms with Gasteiger partial charge in [0.25, 0.3) is 0 Å². The first-order valence-electron chi connectivity index (χ1n) is 5.78. The van der Waals surface area contributed by atoms with E-state index in [1.807, 2.05) is 4.90 Å². The van der Waals surface area contributed by atoms with Gasteiger partial charge in [-0.3, -0.25) is 4.79 Å². The lowest BCUT2D eigenvalue weighted by Crippen LogP contribution is -2.43. The monoisotopic (exact) mass is 228 g/mol. The van der Waals surface area contributed by atoms with Crippen LogP contribution in [0, 0.1) is 5.92 Å². The first kappa shape index (κ1) is 12.8. The fourth-order valence-electron chi connectivity index (χ4n) is 1.92. The second kappa shape index (κ2) is 5.72. The van der Waals surface area contributed by atoms with E-state index in [4.69, 9.17) is 5.11 Å². The molecule has 0 radical (unpaired) electrons. The summed E-state index contributed by atoms with van der Waals surface area (Å²) in [5.41, 5.74) is 0. The molecule has 0 aromatic rings. The summed E-state index contributed by atoms with van der Waals surface area (Å²) in [6.07, 6.45) is 1.63. The van der Waals surface area contributed by atoms with Crippen LogP contribution in [0.3, 0.4) is 0 Å². The number of aliphatic carboxylic acids is 1. The van der Waals surface area contributed by atoms with Gasteiger partial charge in [0.15, 0.2) is 0 Å². The van der Waals surface area contributed by atoms with Gasteiger partial charge in [-0.2, -0.15) is 0 Å². The standard InChI is InChI=1S/C11H20N2O3/c1-8-5-7-13(9(8)2)11(16)12-6-3-4-10(14)15/h8-9H,3-7H2,1-2H3,(H,12,16)(H,14,15). The van der Waals surface area contributed by atoms with E-state index in [1.165, 1.54) is 0 Å². The normalized spacial score (nSPS) is 24.5. The Morgan fingerprint density at radius 1 is 1.44 bits per heavy atom. The molecule has 1 heterocycles. The minimum atomic E-state index is -0.822. The number of carboxylic acid groups (broad SMARTS) is 1. The number of urea groups is 1. The quantitative estimate of drug-likeness (QED) is 0.712. The van der Waals surface area contributed by atoms with E-state index in [-0.39, 0.29) is 18.5 Å². The van der Waals surface area contributed by atoms with Gasteiger partial charge in [-0.25, -0.2) is 4.79 Å². The van der Waals surface area contributed by atoms with Gasteiger partial charge in [0.2, 0.25) is 0 Å². The van der Waals surface area contributed by atoms with Crippen molar-refractivity contribution in [2.75, 3.05) is 13.1 Å². The summed E-state index contributed by atoms with van der Waals surface area (Å²) < 4.78 is 0. The summed E-state index contributed by atoms with van der Waals surface area (Å²) in [6, 6.07) is 0.210. The number of carbonyl (C=O) groups is 2. The van der Waals surface area contributed by atoms with Crippen molar-refractivity contribution < 1.29 is 14.7 Å². The largest absolute Gasteiger partial charge is 0.481 e. The summed E-state index contributed by atoms with van der Waals surface area (Å²) in [5, 5.41) is 11.2. The molecule has 0 aliphatic carbocycles. The summed E-state index contributed by atoms with van der Waals surface area (Å²) in [4.78, 5) is 23.8. The molecular formula is C11H20N2O3. The predicted molar refractivity (Wildman–Crippen MR) is 60.2 cm³/mol. The molecule has 0 spiro atoms. The molecule has 1 rings (SSSR count). The van der Waals surface area contributed by atoms with E-state index in [0.717, 1.165) is 13.0 Å². The number of carboxylic acids is 1. The molecule has 0 aromatic heterocycles. The highest BCUT2D eigenvalue weighted by Crippen LogP contribution is 2.22. The number of hydrogen-bond acceptors (Lipinski definition) is 2. The van der Waals surface area contributed by atoms with Crippen LogP contribution < -0.4 is 5.32 Å². The van der Waals surface area contributed by atoms with Crippen molar-refractivity contribution in [2.24, 2.45) is 5.92 Å². The van der Waals surface area contributed by atoms with E-state index in [9.17, 15) is 9.59 Å². The van der Waals surface area contributed by atoms with E-state index in [1.54, 1.807) is 0 Å². The molecule has 2 atom stereocenters. The summed E-state index contributed by atoms with van der Waals surface area (Å²) in [7, 11) is 0. The van der Waals surface area contributed by atoms with Crippen LogP contribution in [-0.2, 0) is 4.79 Å². The molecule has 0 aromatic carbocycles. The Bertz CT molecular complexity index is 268. The summed E-state index contributed by atoms with van der Waals surface area (Å²) >= 11 is 0. The molecule has 1 fully saturated rings. The number of likely N-dealkylation sites (tertiary alicyclic amines) is 1. The fourth-order valence-corrected chi connectivity index (χ4v) is 1.92. The van der Waals surface area contributed by atoms with Crippen LogP contribution in [-0.4, -0.2) is 41.1 Å². The maximum Gasteiger partial charge on any atom is 0.317 e. The topological polar surface area (TPSA) is 69.6 Å². The lowest BCUT2D eigenvalue weighted by molar-refractivity contribution is -0.137. The Kier molecular flexibility index (Phi) is 4.58. The van der Waals surface area contributed by atoms with Crippen molar-refractivity contribution in [1.82, 2.24) is 10.2 Å². The Balaban J connectivity index is 2.22. The third kappa shape index (κ3) is 3.40.